The summed E-state index contributed by atoms with van der Waals surface area (Å²) in [7, 11) is 0. The standard InChI is InChI=1S/C23H30N6/c1-17(2)29-16-21(15-24-29)23-25-18(3)14-22(26-23)28-12-10-27(11-13-28)19(4)20-8-6-5-7-9-20/h5-9,14-17,19H,10-13H2,1-4H3. The molecule has 0 amide bonds. The summed E-state index contributed by atoms with van der Waals surface area (Å²) < 4.78 is 1.95. The second kappa shape index (κ2) is 8.33. The van der Waals surface area contributed by atoms with Gasteiger partial charge in [-0.15, -0.1) is 0 Å². The van der Waals surface area contributed by atoms with Crippen molar-refractivity contribution >= 4 is 5.82 Å². The zero-order chi connectivity index (χ0) is 20.4. The second-order valence-corrected chi connectivity index (χ2v) is 8.10. The highest BCUT2D eigenvalue weighted by molar-refractivity contribution is 5.56. The Labute approximate surface area is 173 Å². The lowest BCUT2D eigenvalue weighted by molar-refractivity contribution is 0.198. The Morgan fingerprint density at radius 3 is 2.31 bits per heavy atom. The number of aromatic nitrogens is 4. The van der Waals surface area contributed by atoms with E-state index in [2.05, 4.69) is 77.1 Å². The molecule has 1 saturated heterocycles. The van der Waals surface area contributed by atoms with Crippen molar-refractivity contribution in [2.75, 3.05) is 31.1 Å². The van der Waals surface area contributed by atoms with Crippen LogP contribution in [-0.4, -0.2) is 50.8 Å². The monoisotopic (exact) mass is 390 g/mol. The van der Waals surface area contributed by atoms with Crippen LogP contribution in [0.2, 0.25) is 0 Å². The van der Waals surface area contributed by atoms with Crippen LogP contribution in [-0.2, 0) is 0 Å². The van der Waals surface area contributed by atoms with E-state index in [1.54, 1.807) is 0 Å². The predicted molar refractivity (Wildman–Crippen MR) is 117 cm³/mol. The van der Waals surface area contributed by atoms with Crippen LogP contribution in [0.15, 0.2) is 48.8 Å². The molecule has 0 spiro atoms. The first-order valence-corrected chi connectivity index (χ1v) is 10.5. The fourth-order valence-electron chi connectivity index (χ4n) is 3.86. The molecular formula is C23H30N6. The molecular weight excluding hydrogens is 360 g/mol. The van der Waals surface area contributed by atoms with Crippen molar-refractivity contribution in [2.24, 2.45) is 0 Å². The molecule has 4 rings (SSSR count). The Kier molecular flexibility index (Phi) is 5.62. The maximum absolute atomic E-state index is 4.87. The van der Waals surface area contributed by atoms with Crippen molar-refractivity contribution in [3.63, 3.8) is 0 Å². The van der Waals surface area contributed by atoms with E-state index in [4.69, 9.17) is 4.98 Å². The molecule has 2 aromatic heterocycles. The molecule has 6 nitrogen and oxygen atoms in total. The van der Waals surface area contributed by atoms with E-state index in [1.807, 2.05) is 24.0 Å². The van der Waals surface area contributed by atoms with Crippen LogP contribution >= 0.6 is 0 Å². The molecule has 3 aromatic rings. The van der Waals surface area contributed by atoms with Crippen LogP contribution in [0.1, 0.15) is 44.1 Å². The van der Waals surface area contributed by atoms with Crippen molar-refractivity contribution in [1.82, 2.24) is 24.6 Å². The fraction of sp³-hybridized carbons (Fsp3) is 0.435. The van der Waals surface area contributed by atoms with Crippen LogP contribution in [0.3, 0.4) is 0 Å². The molecule has 1 unspecified atom stereocenters. The number of aryl methyl sites for hydroxylation is 1. The average Bonchev–Trinajstić information content (AvgIpc) is 3.24. The molecule has 0 bridgehead atoms. The first-order valence-electron chi connectivity index (χ1n) is 10.5. The minimum Gasteiger partial charge on any atom is -0.354 e. The van der Waals surface area contributed by atoms with Crippen LogP contribution in [0.4, 0.5) is 5.82 Å². The summed E-state index contributed by atoms with van der Waals surface area (Å²) in [5.41, 5.74) is 3.34. The van der Waals surface area contributed by atoms with Gasteiger partial charge >= 0.3 is 0 Å². The third-order valence-electron chi connectivity index (χ3n) is 5.70. The maximum atomic E-state index is 4.87. The van der Waals surface area contributed by atoms with Crippen LogP contribution in [0, 0.1) is 6.92 Å². The van der Waals surface area contributed by atoms with E-state index in [0.29, 0.717) is 12.1 Å². The van der Waals surface area contributed by atoms with Gasteiger partial charge in [0.2, 0.25) is 0 Å². The van der Waals surface area contributed by atoms with E-state index >= 15 is 0 Å². The normalized spacial score (nSPS) is 16.4. The van der Waals surface area contributed by atoms with Crippen LogP contribution in [0.5, 0.6) is 0 Å². The quantitative estimate of drug-likeness (QED) is 0.656. The molecule has 1 aliphatic rings. The second-order valence-electron chi connectivity index (χ2n) is 8.10. The molecule has 3 heterocycles. The lowest BCUT2D eigenvalue weighted by atomic mass is 10.1. The zero-order valence-corrected chi connectivity index (χ0v) is 17.8. The van der Waals surface area contributed by atoms with Crippen LogP contribution < -0.4 is 4.90 Å². The fourth-order valence-corrected chi connectivity index (χ4v) is 3.86. The molecule has 152 valence electrons. The Bertz CT molecular complexity index is 941. The highest BCUT2D eigenvalue weighted by Gasteiger charge is 2.23. The van der Waals surface area contributed by atoms with E-state index in [1.165, 1.54) is 5.56 Å². The van der Waals surface area contributed by atoms with Crippen molar-refractivity contribution in [2.45, 2.75) is 39.8 Å². The molecule has 1 fully saturated rings. The summed E-state index contributed by atoms with van der Waals surface area (Å²) in [5.74, 6) is 1.77. The average molecular weight is 391 g/mol. The van der Waals surface area contributed by atoms with E-state index < -0.39 is 0 Å². The third-order valence-corrected chi connectivity index (χ3v) is 5.70. The van der Waals surface area contributed by atoms with Crippen molar-refractivity contribution in [3.8, 4) is 11.4 Å². The van der Waals surface area contributed by atoms with Gasteiger partial charge < -0.3 is 4.90 Å². The van der Waals surface area contributed by atoms with Gasteiger partial charge in [-0.2, -0.15) is 5.10 Å². The van der Waals surface area contributed by atoms with Crippen molar-refractivity contribution < 1.29 is 0 Å². The Morgan fingerprint density at radius 2 is 1.66 bits per heavy atom. The first-order chi connectivity index (χ1) is 14.0. The van der Waals surface area contributed by atoms with Gasteiger partial charge in [0.25, 0.3) is 0 Å². The number of piperazine rings is 1. The smallest absolute Gasteiger partial charge is 0.164 e. The Morgan fingerprint density at radius 1 is 0.931 bits per heavy atom. The van der Waals surface area contributed by atoms with Gasteiger partial charge in [-0.05, 0) is 33.3 Å². The highest BCUT2D eigenvalue weighted by atomic mass is 15.3. The Hall–Kier alpha value is -2.73. The predicted octanol–water partition coefficient (Wildman–Crippen LogP) is 4.11. The first kappa shape index (κ1) is 19.6. The summed E-state index contributed by atoms with van der Waals surface area (Å²) in [6.45, 7) is 12.6. The van der Waals surface area contributed by atoms with Gasteiger partial charge in [0, 0.05) is 56.2 Å². The maximum Gasteiger partial charge on any atom is 0.164 e. The molecule has 0 radical (unpaired) electrons. The lowest BCUT2D eigenvalue weighted by Gasteiger charge is -2.38. The molecule has 6 heteroatoms. The van der Waals surface area contributed by atoms with E-state index in [9.17, 15) is 0 Å². The molecule has 1 atom stereocenters. The Balaban J connectivity index is 1.47. The summed E-state index contributed by atoms with van der Waals surface area (Å²) >= 11 is 0. The van der Waals surface area contributed by atoms with E-state index in [-0.39, 0.29) is 0 Å². The molecule has 1 aliphatic heterocycles. The van der Waals surface area contributed by atoms with E-state index in [0.717, 1.165) is 49.1 Å². The zero-order valence-electron chi connectivity index (χ0n) is 17.8. The summed E-state index contributed by atoms with van der Waals surface area (Å²) in [6, 6.07) is 13.6. The van der Waals surface area contributed by atoms with Crippen LogP contribution in [0.25, 0.3) is 11.4 Å². The molecule has 29 heavy (non-hydrogen) atoms. The van der Waals surface area contributed by atoms with Gasteiger partial charge in [0.05, 0.1) is 11.8 Å². The van der Waals surface area contributed by atoms with Crippen molar-refractivity contribution in [1.29, 1.82) is 0 Å². The van der Waals surface area contributed by atoms with Gasteiger partial charge in [0.1, 0.15) is 5.82 Å². The number of rotatable bonds is 5. The van der Waals surface area contributed by atoms with Gasteiger partial charge in [-0.25, -0.2) is 9.97 Å². The summed E-state index contributed by atoms with van der Waals surface area (Å²) in [5, 5.41) is 4.44. The number of benzene rings is 1. The number of hydrogen-bond acceptors (Lipinski definition) is 5. The summed E-state index contributed by atoms with van der Waals surface area (Å²) in [4.78, 5) is 14.4. The third kappa shape index (κ3) is 4.32. The molecule has 0 N–H and O–H groups in total. The largest absolute Gasteiger partial charge is 0.354 e. The molecule has 1 aromatic carbocycles. The minimum atomic E-state index is 0.327. The van der Waals surface area contributed by atoms with Crippen molar-refractivity contribution in [3.05, 3.63) is 60.0 Å². The minimum absolute atomic E-state index is 0.327. The lowest BCUT2D eigenvalue weighted by Crippen LogP contribution is -2.47. The molecule has 0 saturated carbocycles. The highest BCUT2D eigenvalue weighted by Crippen LogP contribution is 2.25. The summed E-state index contributed by atoms with van der Waals surface area (Å²) in [6.07, 6.45) is 3.89. The van der Waals surface area contributed by atoms with Gasteiger partial charge in [-0.3, -0.25) is 9.58 Å². The number of nitrogens with zero attached hydrogens (tertiary/aromatic N) is 6. The topological polar surface area (TPSA) is 50.1 Å². The van der Waals surface area contributed by atoms with Gasteiger partial charge in [-0.1, -0.05) is 30.3 Å². The van der Waals surface area contributed by atoms with Gasteiger partial charge in [0.15, 0.2) is 5.82 Å². The number of anilines is 1. The molecule has 0 aliphatic carbocycles. The number of hydrogen-bond donors (Lipinski definition) is 0. The SMILES string of the molecule is Cc1cc(N2CCN(C(C)c3ccccc3)CC2)nc(-c2cnn(C(C)C)c2)n1.